The molecule has 1 amide bonds. The number of amides is 1. The smallest absolute Gasteiger partial charge is 0.255 e. The van der Waals surface area contributed by atoms with E-state index in [2.05, 4.69) is 34.3 Å². The van der Waals surface area contributed by atoms with Gasteiger partial charge in [0, 0.05) is 17.8 Å². The largest absolute Gasteiger partial charge is 0.343 e. The van der Waals surface area contributed by atoms with Gasteiger partial charge < -0.3 is 5.32 Å². The number of carbonyl (C=O) groups is 1. The van der Waals surface area contributed by atoms with Gasteiger partial charge in [0.1, 0.15) is 0 Å². The molecule has 1 atom stereocenters. The number of aromatic nitrogens is 1. The van der Waals surface area contributed by atoms with Crippen LogP contribution in [-0.4, -0.2) is 33.9 Å². The second-order valence-electron chi connectivity index (χ2n) is 7.75. The van der Waals surface area contributed by atoms with Crippen LogP contribution < -0.4 is 5.32 Å². The van der Waals surface area contributed by atoms with Gasteiger partial charge in [0.15, 0.2) is 5.82 Å². The second-order valence-corrected chi connectivity index (χ2v) is 7.75. The molecule has 0 radical (unpaired) electrons. The van der Waals surface area contributed by atoms with Crippen LogP contribution in [0.15, 0.2) is 42.7 Å². The van der Waals surface area contributed by atoms with Gasteiger partial charge in [-0.1, -0.05) is 37.3 Å². The Balaban J connectivity index is 1.73. The second kappa shape index (κ2) is 7.04. The lowest BCUT2D eigenvalue weighted by atomic mass is 9.78. The Morgan fingerprint density at radius 3 is 2.63 bits per heavy atom. The molecular formula is C22H26FN3O. The zero-order valence-electron chi connectivity index (χ0n) is 15.9. The molecule has 4 rings (SSSR count). The van der Waals surface area contributed by atoms with Gasteiger partial charge in [-0.3, -0.25) is 14.7 Å². The van der Waals surface area contributed by atoms with Crippen LogP contribution in [0.1, 0.15) is 60.1 Å². The lowest BCUT2D eigenvalue weighted by Gasteiger charge is -2.42. The van der Waals surface area contributed by atoms with E-state index in [0.29, 0.717) is 11.6 Å². The minimum atomic E-state index is -0.570. The minimum Gasteiger partial charge on any atom is -0.343 e. The summed E-state index contributed by atoms with van der Waals surface area (Å²) >= 11 is 0. The molecule has 5 heteroatoms. The molecule has 142 valence electrons. The molecule has 0 aliphatic carbocycles. The highest BCUT2D eigenvalue weighted by Gasteiger charge is 2.55. The van der Waals surface area contributed by atoms with E-state index < -0.39 is 5.82 Å². The van der Waals surface area contributed by atoms with Crippen molar-refractivity contribution in [3.8, 4) is 0 Å². The van der Waals surface area contributed by atoms with Gasteiger partial charge in [-0.15, -0.1) is 0 Å². The van der Waals surface area contributed by atoms with Crippen LogP contribution >= 0.6 is 0 Å². The molecule has 1 N–H and O–H groups in total. The number of halogens is 1. The molecule has 4 nitrogen and oxygen atoms in total. The molecule has 1 unspecified atom stereocenters. The van der Waals surface area contributed by atoms with E-state index in [9.17, 15) is 9.18 Å². The third-order valence-corrected chi connectivity index (χ3v) is 6.44. The van der Waals surface area contributed by atoms with Crippen LogP contribution in [0.5, 0.6) is 0 Å². The van der Waals surface area contributed by atoms with E-state index >= 15 is 0 Å². The first kappa shape index (κ1) is 18.1. The summed E-state index contributed by atoms with van der Waals surface area (Å²) in [4.78, 5) is 19.5. The van der Waals surface area contributed by atoms with E-state index in [0.717, 1.165) is 44.0 Å². The summed E-state index contributed by atoms with van der Waals surface area (Å²) in [5.41, 5.74) is 1.64. The van der Waals surface area contributed by atoms with Crippen LogP contribution in [0.3, 0.4) is 0 Å². The Morgan fingerprint density at radius 2 is 2.00 bits per heavy atom. The Bertz CT molecular complexity index is 810. The number of benzene rings is 1. The monoisotopic (exact) mass is 367 g/mol. The van der Waals surface area contributed by atoms with E-state index in [1.807, 2.05) is 18.2 Å². The number of hydrogen-bond donors (Lipinski definition) is 1. The minimum absolute atomic E-state index is 0.0894. The van der Waals surface area contributed by atoms with Gasteiger partial charge in [-0.25, -0.2) is 4.39 Å². The standard InChI is InChI=1S/C22H26FN3O/c1-3-26-17-9-11-22(26,12-10-17)20(16-7-5-4-6-8-16)25-21(27)19-15(2)13-24-14-18(19)23/h4-8,13-14,17,20H,3,9-12H2,1-2H3,(H,25,27). The number of carbonyl (C=O) groups excluding carboxylic acids is 1. The van der Waals surface area contributed by atoms with Crippen molar-refractivity contribution < 1.29 is 9.18 Å². The number of hydrogen-bond acceptors (Lipinski definition) is 3. The van der Waals surface area contributed by atoms with E-state index in [4.69, 9.17) is 0 Å². The average molecular weight is 367 g/mol. The predicted molar refractivity (Wildman–Crippen MR) is 103 cm³/mol. The van der Waals surface area contributed by atoms with Gasteiger partial charge in [0.05, 0.1) is 17.8 Å². The van der Waals surface area contributed by atoms with Crippen LogP contribution in [0.2, 0.25) is 0 Å². The summed E-state index contributed by atoms with van der Waals surface area (Å²) in [6.07, 6.45) is 7.09. The Hall–Kier alpha value is -2.27. The molecule has 2 aromatic rings. The van der Waals surface area contributed by atoms with Gasteiger partial charge in [0.2, 0.25) is 0 Å². The lowest BCUT2D eigenvalue weighted by molar-refractivity contribution is 0.0792. The normalized spacial score (nSPS) is 25.5. The summed E-state index contributed by atoms with van der Waals surface area (Å²) in [6.45, 7) is 4.88. The van der Waals surface area contributed by atoms with Crippen molar-refractivity contribution >= 4 is 5.91 Å². The molecule has 2 aliphatic heterocycles. The molecule has 1 aromatic carbocycles. The quantitative estimate of drug-likeness (QED) is 0.868. The highest BCUT2D eigenvalue weighted by atomic mass is 19.1. The number of nitrogens with one attached hydrogen (secondary N) is 1. The first-order chi connectivity index (χ1) is 13.1. The summed E-state index contributed by atoms with van der Waals surface area (Å²) in [7, 11) is 0. The van der Waals surface area contributed by atoms with Crippen molar-refractivity contribution in [3.63, 3.8) is 0 Å². The van der Waals surface area contributed by atoms with Crippen LogP contribution in [0.25, 0.3) is 0 Å². The van der Waals surface area contributed by atoms with Crippen LogP contribution in [-0.2, 0) is 0 Å². The molecule has 2 fully saturated rings. The van der Waals surface area contributed by atoms with E-state index in [1.165, 1.54) is 6.20 Å². The number of aryl methyl sites for hydroxylation is 1. The lowest BCUT2D eigenvalue weighted by Crippen LogP contribution is -2.52. The van der Waals surface area contributed by atoms with Crippen molar-refractivity contribution in [3.05, 3.63) is 65.2 Å². The fraction of sp³-hybridized carbons (Fsp3) is 0.455. The zero-order chi connectivity index (χ0) is 19.0. The first-order valence-electron chi connectivity index (χ1n) is 9.79. The summed E-state index contributed by atoms with van der Waals surface area (Å²) < 4.78 is 14.3. The maximum Gasteiger partial charge on any atom is 0.255 e. The highest BCUT2D eigenvalue weighted by molar-refractivity contribution is 5.96. The molecule has 27 heavy (non-hydrogen) atoms. The van der Waals surface area contributed by atoms with Gasteiger partial charge in [-0.05, 0) is 50.3 Å². The van der Waals surface area contributed by atoms with E-state index in [-0.39, 0.29) is 23.1 Å². The number of rotatable bonds is 5. The fourth-order valence-corrected chi connectivity index (χ4v) is 5.29. The number of nitrogens with zero attached hydrogens (tertiary/aromatic N) is 2. The summed E-state index contributed by atoms with van der Waals surface area (Å²) in [5, 5.41) is 3.21. The molecule has 1 aromatic heterocycles. The molecular weight excluding hydrogens is 341 g/mol. The van der Waals surface area contributed by atoms with Crippen LogP contribution in [0.4, 0.5) is 4.39 Å². The zero-order valence-corrected chi connectivity index (χ0v) is 15.9. The Kier molecular flexibility index (Phi) is 4.72. The van der Waals surface area contributed by atoms with Crippen molar-refractivity contribution in [1.82, 2.24) is 15.2 Å². The molecule has 0 spiro atoms. The molecule has 2 bridgehead atoms. The Labute approximate surface area is 159 Å². The molecule has 3 heterocycles. The third kappa shape index (κ3) is 2.94. The first-order valence-corrected chi connectivity index (χ1v) is 9.79. The number of likely N-dealkylation sites (N-methyl/N-ethyl adjacent to an activating group) is 1. The Morgan fingerprint density at radius 1 is 1.30 bits per heavy atom. The van der Waals surface area contributed by atoms with Gasteiger partial charge in [-0.2, -0.15) is 0 Å². The average Bonchev–Trinajstić information content (AvgIpc) is 3.22. The molecule has 2 saturated heterocycles. The fourth-order valence-electron chi connectivity index (χ4n) is 5.29. The topological polar surface area (TPSA) is 45.2 Å². The maximum atomic E-state index is 14.3. The van der Waals surface area contributed by atoms with Crippen molar-refractivity contribution in [2.45, 2.75) is 57.2 Å². The van der Waals surface area contributed by atoms with Crippen molar-refractivity contribution in [2.75, 3.05) is 6.54 Å². The predicted octanol–water partition coefficient (Wildman–Crippen LogP) is 4.02. The van der Waals surface area contributed by atoms with Crippen molar-refractivity contribution in [2.24, 2.45) is 0 Å². The van der Waals surface area contributed by atoms with Crippen LogP contribution in [0, 0.1) is 12.7 Å². The molecule has 0 saturated carbocycles. The maximum absolute atomic E-state index is 14.3. The van der Waals surface area contributed by atoms with Gasteiger partial charge >= 0.3 is 0 Å². The third-order valence-electron chi connectivity index (χ3n) is 6.44. The number of pyridine rings is 1. The molecule has 2 aliphatic rings. The summed E-state index contributed by atoms with van der Waals surface area (Å²) in [5.74, 6) is -0.929. The SMILES string of the molecule is CCN1C2CCC1(C(NC(=O)c1c(C)cncc1F)c1ccccc1)CC2. The van der Waals surface area contributed by atoms with Crippen molar-refractivity contribution in [1.29, 1.82) is 0 Å². The summed E-state index contributed by atoms with van der Waals surface area (Å²) in [6, 6.07) is 10.5. The highest BCUT2D eigenvalue weighted by Crippen LogP contribution is 2.52. The van der Waals surface area contributed by atoms with E-state index in [1.54, 1.807) is 6.92 Å². The number of fused-ring (bicyclic) bond motifs is 2. The van der Waals surface area contributed by atoms with Gasteiger partial charge in [0.25, 0.3) is 5.91 Å².